The summed E-state index contributed by atoms with van der Waals surface area (Å²) >= 11 is 0. The number of hydrogen-bond donors (Lipinski definition) is 0. The van der Waals surface area contributed by atoms with Gasteiger partial charge in [-0.2, -0.15) is 5.26 Å². The highest BCUT2D eigenvalue weighted by molar-refractivity contribution is 6.06. The molecule has 1 heterocycles. The van der Waals surface area contributed by atoms with E-state index < -0.39 is 0 Å². The van der Waals surface area contributed by atoms with Crippen LogP contribution in [0.1, 0.15) is 59.8 Å². The number of halogens is 1. The monoisotopic (exact) mass is 426 g/mol. The summed E-state index contributed by atoms with van der Waals surface area (Å²) in [5, 5.41) is 13.8. The van der Waals surface area contributed by atoms with E-state index in [0.717, 1.165) is 22.3 Å². The zero-order valence-corrected chi connectivity index (χ0v) is 18.0. The number of nitriles is 1. The van der Waals surface area contributed by atoms with Gasteiger partial charge in [0.2, 0.25) is 0 Å². The SMILES string of the molecule is CC(C)CC(=O)c1cc(C2=NOC(c3ccc(F)cc3)C2)cc(-c2ccccc2C#N)c1. The minimum absolute atomic E-state index is 0.0483. The molecule has 1 unspecified atom stereocenters. The molecule has 160 valence electrons. The number of oxime groups is 1. The summed E-state index contributed by atoms with van der Waals surface area (Å²) in [6.07, 6.45) is 0.631. The Morgan fingerprint density at radius 1 is 1.12 bits per heavy atom. The fourth-order valence-corrected chi connectivity index (χ4v) is 3.84. The Bertz CT molecular complexity index is 1220. The van der Waals surface area contributed by atoms with Crippen molar-refractivity contribution in [2.45, 2.75) is 32.8 Å². The molecule has 0 saturated heterocycles. The molecule has 3 aromatic rings. The second-order valence-electron chi connectivity index (χ2n) is 8.37. The number of nitrogens with zero attached hydrogens (tertiary/aromatic N) is 2. The molecule has 4 rings (SSSR count). The summed E-state index contributed by atoms with van der Waals surface area (Å²) in [4.78, 5) is 18.5. The van der Waals surface area contributed by atoms with Crippen LogP contribution in [0.15, 0.2) is 71.9 Å². The Hall–Kier alpha value is -3.78. The van der Waals surface area contributed by atoms with Crippen LogP contribution in [0, 0.1) is 23.1 Å². The van der Waals surface area contributed by atoms with Crippen molar-refractivity contribution in [3.05, 3.63) is 94.8 Å². The molecule has 0 aromatic heterocycles. The lowest BCUT2D eigenvalue weighted by atomic mass is 9.91. The van der Waals surface area contributed by atoms with E-state index in [2.05, 4.69) is 11.2 Å². The first-order chi connectivity index (χ1) is 15.4. The zero-order valence-electron chi connectivity index (χ0n) is 18.0. The molecule has 3 aromatic carbocycles. The predicted octanol–water partition coefficient (Wildman–Crippen LogP) is 6.46. The van der Waals surface area contributed by atoms with Crippen LogP contribution in [0.4, 0.5) is 4.39 Å². The minimum Gasteiger partial charge on any atom is -0.387 e. The highest BCUT2D eigenvalue weighted by Crippen LogP contribution is 2.32. The van der Waals surface area contributed by atoms with Crippen molar-refractivity contribution in [3.8, 4) is 17.2 Å². The highest BCUT2D eigenvalue weighted by Gasteiger charge is 2.25. The van der Waals surface area contributed by atoms with Gasteiger partial charge in [0.15, 0.2) is 11.9 Å². The number of carbonyl (C=O) groups excluding carboxylic acids is 1. The van der Waals surface area contributed by atoms with Gasteiger partial charge in [0.1, 0.15) is 5.82 Å². The molecule has 32 heavy (non-hydrogen) atoms. The van der Waals surface area contributed by atoms with E-state index in [-0.39, 0.29) is 23.6 Å². The Morgan fingerprint density at radius 2 is 1.84 bits per heavy atom. The summed E-state index contributed by atoms with van der Waals surface area (Å²) in [7, 11) is 0. The minimum atomic E-state index is -0.310. The van der Waals surface area contributed by atoms with Gasteiger partial charge in [0.25, 0.3) is 0 Å². The van der Waals surface area contributed by atoms with Crippen LogP contribution in [-0.4, -0.2) is 11.5 Å². The van der Waals surface area contributed by atoms with Gasteiger partial charge in [-0.3, -0.25) is 4.79 Å². The number of Topliss-reactive ketones (excluding diaryl/α,β-unsaturated/α-hetero) is 1. The molecule has 0 aliphatic carbocycles. The summed E-state index contributed by atoms with van der Waals surface area (Å²) in [5.74, 6) is -0.0202. The third kappa shape index (κ3) is 4.60. The lowest BCUT2D eigenvalue weighted by Gasteiger charge is -2.12. The number of ketones is 1. The molecular weight excluding hydrogens is 403 g/mol. The standard InChI is InChI=1S/C27H23FN2O2/c1-17(2)11-26(31)22-13-20(24-6-4-3-5-19(24)16-29)12-21(14-22)25-15-27(32-30-25)18-7-9-23(28)10-8-18/h3-10,12-14,17,27H,11,15H2,1-2H3. The first-order valence-electron chi connectivity index (χ1n) is 10.6. The van der Waals surface area contributed by atoms with Crippen LogP contribution in [0.5, 0.6) is 0 Å². The number of carbonyl (C=O) groups is 1. The lowest BCUT2D eigenvalue weighted by Crippen LogP contribution is -2.07. The van der Waals surface area contributed by atoms with Crippen LogP contribution < -0.4 is 0 Å². The Morgan fingerprint density at radius 3 is 2.56 bits per heavy atom. The third-order valence-electron chi connectivity index (χ3n) is 5.45. The van der Waals surface area contributed by atoms with Crippen LogP contribution >= 0.6 is 0 Å². The molecule has 0 fully saturated rings. The van der Waals surface area contributed by atoms with E-state index in [9.17, 15) is 14.4 Å². The smallest absolute Gasteiger partial charge is 0.163 e. The van der Waals surface area contributed by atoms with Gasteiger partial charge in [-0.15, -0.1) is 0 Å². The molecular formula is C27H23FN2O2. The van der Waals surface area contributed by atoms with Crippen LogP contribution in [0.2, 0.25) is 0 Å². The lowest BCUT2D eigenvalue weighted by molar-refractivity contribution is 0.0857. The topological polar surface area (TPSA) is 62.4 Å². The van der Waals surface area contributed by atoms with Crippen molar-refractivity contribution in [3.63, 3.8) is 0 Å². The van der Waals surface area contributed by atoms with Crippen molar-refractivity contribution in [2.75, 3.05) is 0 Å². The zero-order chi connectivity index (χ0) is 22.7. The maximum Gasteiger partial charge on any atom is 0.163 e. The quantitative estimate of drug-likeness (QED) is 0.425. The van der Waals surface area contributed by atoms with Gasteiger partial charge in [0, 0.05) is 24.0 Å². The largest absolute Gasteiger partial charge is 0.387 e. The molecule has 4 nitrogen and oxygen atoms in total. The van der Waals surface area contributed by atoms with Gasteiger partial charge < -0.3 is 4.84 Å². The van der Waals surface area contributed by atoms with Crippen LogP contribution in [0.25, 0.3) is 11.1 Å². The fourth-order valence-electron chi connectivity index (χ4n) is 3.84. The van der Waals surface area contributed by atoms with Crippen molar-refractivity contribution in [1.29, 1.82) is 5.26 Å². The second-order valence-corrected chi connectivity index (χ2v) is 8.37. The molecule has 0 bridgehead atoms. The van der Waals surface area contributed by atoms with Crippen molar-refractivity contribution in [2.24, 2.45) is 11.1 Å². The number of benzene rings is 3. The maximum absolute atomic E-state index is 13.3. The maximum atomic E-state index is 13.3. The molecule has 0 saturated carbocycles. The summed E-state index contributed by atoms with van der Waals surface area (Å²) in [6, 6.07) is 21.4. The average molecular weight is 426 g/mol. The van der Waals surface area contributed by atoms with E-state index >= 15 is 0 Å². The first kappa shape index (κ1) is 21.5. The normalized spacial score (nSPS) is 15.2. The Kier molecular flexibility index (Phi) is 6.13. The van der Waals surface area contributed by atoms with Gasteiger partial charge in [-0.05, 0) is 59.0 Å². The summed E-state index contributed by atoms with van der Waals surface area (Å²) < 4.78 is 13.3. The summed E-state index contributed by atoms with van der Waals surface area (Å²) in [6.45, 7) is 4.02. The molecule has 0 spiro atoms. The second kappa shape index (κ2) is 9.15. The molecule has 5 heteroatoms. The van der Waals surface area contributed by atoms with E-state index in [1.165, 1.54) is 12.1 Å². The number of hydrogen-bond acceptors (Lipinski definition) is 4. The van der Waals surface area contributed by atoms with Gasteiger partial charge in [-0.25, -0.2) is 4.39 Å². The van der Waals surface area contributed by atoms with E-state index in [4.69, 9.17) is 4.84 Å². The van der Waals surface area contributed by atoms with Crippen LogP contribution in [0.3, 0.4) is 0 Å². The highest BCUT2D eigenvalue weighted by atomic mass is 19.1. The molecule has 0 amide bonds. The Balaban J connectivity index is 1.72. The third-order valence-corrected chi connectivity index (χ3v) is 5.45. The van der Waals surface area contributed by atoms with Crippen LogP contribution in [-0.2, 0) is 4.84 Å². The molecule has 0 N–H and O–H groups in total. The van der Waals surface area contributed by atoms with E-state index in [1.807, 2.05) is 50.2 Å². The average Bonchev–Trinajstić information content (AvgIpc) is 3.29. The number of rotatable bonds is 6. The first-order valence-corrected chi connectivity index (χ1v) is 10.6. The fraction of sp³-hybridized carbons (Fsp3) is 0.222. The Labute approximate surface area is 187 Å². The van der Waals surface area contributed by atoms with Gasteiger partial charge in [-0.1, -0.05) is 49.3 Å². The van der Waals surface area contributed by atoms with Gasteiger partial charge >= 0.3 is 0 Å². The van der Waals surface area contributed by atoms with Crippen molar-refractivity contribution < 1.29 is 14.0 Å². The molecule has 1 atom stereocenters. The van der Waals surface area contributed by atoms with Gasteiger partial charge in [0.05, 0.1) is 17.3 Å². The predicted molar refractivity (Wildman–Crippen MR) is 122 cm³/mol. The van der Waals surface area contributed by atoms with E-state index in [0.29, 0.717) is 29.7 Å². The van der Waals surface area contributed by atoms with E-state index in [1.54, 1.807) is 18.2 Å². The van der Waals surface area contributed by atoms with Crippen molar-refractivity contribution in [1.82, 2.24) is 0 Å². The summed E-state index contributed by atoms with van der Waals surface area (Å²) in [5.41, 5.74) is 5.03. The van der Waals surface area contributed by atoms with Crippen molar-refractivity contribution >= 4 is 11.5 Å². The molecule has 1 aliphatic heterocycles. The molecule has 1 aliphatic rings. The molecule has 0 radical (unpaired) electrons.